The number of likely N-dealkylation sites (N-methyl/N-ethyl adjacent to an activating group) is 1. The molecule has 1 N–H and O–H groups in total. The highest BCUT2D eigenvalue weighted by Gasteiger charge is 2.29. The van der Waals surface area contributed by atoms with E-state index in [1.54, 1.807) is 68.6 Å². The summed E-state index contributed by atoms with van der Waals surface area (Å²) in [5.74, 6) is -0.988. The number of ketones is 2. The van der Waals surface area contributed by atoms with Gasteiger partial charge < -0.3 is 5.32 Å². The monoisotopic (exact) mass is 416 g/mol. The van der Waals surface area contributed by atoms with Crippen molar-refractivity contribution in [2.24, 2.45) is 0 Å². The Balaban J connectivity index is 1.49. The highest BCUT2D eigenvalue weighted by Crippen LogP contribution is 2.29. The summed E-state index contributed by atoms with van der Waals surface area (Å²) in [5, 5.41) is 2.82. The topological polar surface area (TPSA) is 66.5 Å². The third-order valence-electron chi connectivity index (χ3n) is 5.58. The molecule has 6 heteroatoms. The van der Waals surface area contributed by atoms with Crippen LogP contribution in [-0.2, 0) is 11.3 Å². The van der Waals surface area contributed by atoms with Gasteiger partial charge in [-0.2, -0.15) is 0 Å². The molecule has 0 bridgehead atoms. The average molecular weight is 416 g/mol. The van der Waals surface area contributed by atoms with Gasteiger partial charge in [0.2, 0.25) is 5.91 Å². The van der Waals surface area contributed by atoms with Gasteiger partial charge in [0.1, 0.15) is 5.82 Å². The van der Waals surface area contributed by atoms with Crippen LogP contribution < -0.4 is 5.32 Å². The molecule has 4 rings (SSSR count). The summed E-state index contributed by atoms with van der Waals surface area (Å²) < 4.78 is 13.1. The number of carbonyl (C=O) groups excluding carboxylic acids is 3. The molecule has 0 aromatic heterocycles. The molecular formula is C25H21FN2O3. The van der Waals surface area contributed by atoms with Crippen molar-refractivity contribution in [1.82, 2.24) is 4.90 Å². The molecule has 3 aromatic rings. The fourth-order valence-corrected chi connectivity index (χ4v) is 3.64. The first-order valence-electron chi connectivity index (χ1n) is 9.93. The summed E-state index contributed by atoms with van der Waals surface area (Å²) >= 11 is 0. The molecule has 0 spiro atoms. The molecule has 0 heterocycles. The van der Waals surface area contributed by atoms with Crippen molar-refractivity contribution in [1.29, 1.82) is 0 Å². The molecule has 156 valence electrons. The maximum Gasteiger partial charge on any atom is 0.241 e. The predicted octanol–water partition coefficient (Wildman–Crippen LogP) is 4.06. The molecule has 3 aromatic carbocycles. The number of fused-ring (bicyclic) bond motifs is 2. The van der Waals surface area contributed by atoms with Crippen molar-refractivity contribution < 1.29 is 18.8 Å². The lowest BCUT2D eigenvalue weighted by Crippen LogP contribution is -2.39. The molecule has 0 aliphatic heterocycles. The first kappa shape index (κ1) is 20.6. The van der Waals surface area contributed by atoms with Crippen molar-refractivity contribution in [2.45, 2.75) is 19.5 Å². The van der Waals surface area contributed by atoms with Gasteiger partial charge in [-0.25, -0.2) is 4.39 Å². The van der Waals surface area contributed by atoms with Gasteiger partial charge in [-0.1, -0.05) is 36.4 Å². The molecule has 31 heavy (non-hydrogen) atoms. The Kier molecular flexibility index (Phi) is 5.48. The standard InChI is InChI=1S/C25H21FN2O3/c1-15(28(2)14-16-7-9-17(26)10-8-16)25(31)27-18-11-12-21-22(13-18)24(30)20-6-4-3-5-19(20)23(21)29/h3-13,15H,14H2,1-2H3,(H,27,31)/t15-/m1/s1. The lowest BCUT2D eigenvalue weighted by molar-refractivity contribution is -0.120. The highest BCUT2D eigenvalue weighted by atomic mass is 19.1. The van der Waals surface area contributed by atoms with Crippen LogP contribution in [-0.4, -0.2) is 35.5 Å². The summed E-state index contributed by atoms with van der Waals surface area (Å²) in [6, 6.07) is 17.2. The van der Waals surface area contributed by atoms with E-state index in [0.717, 1.165) is 5.56 Å². The second-order valence-corrected chi connectivity index (χ2v) is 7.67. The lowest BCUT2D eigenvalue weighted by Gasteiger charge is -2.24. The van der Waals surface area contributed by atoms with Gasteiger partial charge >= 0.3 is 0 Å². The Morgan fingerprint density at radius 2 is 1.48 bits per heavy atom. The predicted molar refractivity (Wildman–Crippen MR) is 116 cm³/mol. The van der Waals surface area contributed by atoms with Crippen molar-refractivity contribution in [3.63, 3.8) is 0 Å². The minimum Gasteiger partial charge on any atom is -0.325 e. The first-order chi connectivity index (χ1) is 14.8. The molecular weight excluding hydrogens is 395 g/mol. The smallest absolute Gasteiger partial charge is 0.241 e. The molecule has 1 atom stereocenters. The largest absolute Gasteiger partial charge is 0.325 e. The second kappa shape index (κ2) is 8.24. The van der Waals surface area contributed by atoms with Crippen LogP contribution in [0.1, 0.15) is 44.3 Å². The van der Waals surface area contributed by atoms with Gasteiger partial charge in [0.25, 0.3) is 0 Å². The highest BCUT2D eigenvalue weighted by molar-refractivity contribution is 6.28. The minimum absolute atomic E-state index is 0.199. The molecule has 0 saturated carbocycles. The Labute approximate surface area is 179 Å². The van der Waals surface area contributed by atoms with Gasteiger partial charge in [0.15, 0.2) is 11.6 Å². The Hall–Kier alpha value is -3.64. The molecule has 5 nitrogen and oxygen atoms in total. The fourth-order valence-electron chi connectivity index (χ4n) is 3.64. The number of halogens is 1. The van der Waals surface area contributed by atoms with E-state index >= 15 is 0 Å². The van der Waals surface area contributed by atoms with Crippen LogP contribution in [0.25, 0.3) is 0 Å². The Morgan fingerprint density at radius 3 is 2.13 bits per heavy atom. The molecule has 1 aliphatic rings. The summed E-state index contributed by atoms with van der Waals surface area (Å²) in [6.45, 7) is 2.24. The van der Waals surface area contributed by atoms with E-state index < -0.39 is 6.04 Å². The Morgan fingerprint density at radius 1 is 0.903 bits per heavy atom. The minimum atomic E-state index is -0.473. The summed E-state index contributed by atoms with van der Waals surface area (Å²) in [6.07, 6.45) is 0. The number of amides is 1. The van der Waals surface area contributed by atoms with Crippen molar-refractivity contribution >= 4 is 23.2 Å². The Bertz CT molecular complexity index is 1190. The number of nitrogens with zero attached hydrogens (tertiary/aromatic N) is 1. The number of hydrogen-bond acceptors (Lipinski definition) is 4. The number of nitrogens with one attached hydrogen (secondary N) is 1. The molecule has 1 aliphatic carbocycles. The van der Waals surface area contributed by atoms with Crippen LogP contribution in [0, 0.1) is 5.82 Å². The van der Waals surface area contributed by atoms with E-state index in [-0.39, 0.29) is 28.9 Å². The van der Waals surface area contributed by atoms with Crippen molar-refractivity contribution in [3.8, 4) is 0 Å². The van der Waals surface area contributed by atoms with Gasteiger partial charge in [0, 0.05) is 34.5 Å². The van der Waals surface area contributed by atoms with Crippen LogP contribution in [0.2, 0.25) is 0 Å². The van der Waals surface area contributed by atoms with Gasteiger partial charge in [-0.05, 0) is 49.9 Å². The van der Waals surface area contributed by atoms with Gasteiger partial charge in [-0.3, -0.25) is 19.3 Å². The van der Waals surface area contributed by atoms with Crippen LogP contribution in [0.15, 0.2) is 66.7 Å². The zero-order chi connectivity index (χ0) is 22.1. The molecule has 1 amide bonds. The summed E-state index contributed by atoms with van der Waals surface area (Å²) in [5.41, 5.74) is 2.73. The summed E-state index contributed by atoms with van der Waals surface area (Å²) in [4.78, 5) is 40.2. The maximum absolute atomic E-state index is 13.1. The van der Waals surface area contributed by atoms with Crippen molar-refractivity contribution in [3.05, 3.63) is 100 Å². The number of hydrogen-bond donors (Lipinski definition) is 1. The summed E-state index contributed by atoms with van der Waals surface area (Å²) in [7, 11) is 1.81. The van der Waals surface area contributed by atoms with Gasteiger partial charge in [-0.15, -0.1) is 0 Å². The van der Waals surface area contributed by atoms with Gasteiger partial charge in [0.05, 0.1) is 6.04 Å². The second-order valence-electron chi connectivity index (χ2n) is 7.67. The van der Waals surface area contributed by atoms with E-state index in [2.05, 4.69) is 5.32 Å². The first-order valence-corrected chi connectivity index (χ1v) is 9.93. The zero-order valence-corrected chi connectivity index (χ0v) is 17.2. The number of rotatable bonds is 5. The zero-order valence-electron chi connectivity index (χ0n) is 17.2. The van der Waals surface area contributed by atoms with Crippen LogP contribution in [0.3, 0.4) is 0 Å². The number of carbonyl (C=O) groups is 3. The molecule has 0 radical (unpaired) electrons. The van der Waals surface area contributed by atoms with E-state index in [0.29, 0.717) is 28.9 Å². The molecule has 0 unspecified atom stereocenters. The van der Waals surface area contributed by atoms with E-state index in [1.807, 2.05) is 4.90 Å². The third kappa shape index (κ3) is 4.02. The maximum atomic E-state index is 13.1. The lowest BCUT2D eigenvalue weighted by atomic mass is 9.84. The fraction of sp³-hybridized carbons (Fsp3) is 0.160. The molecule has 0 saturated heterocycles. The van der Waals surface area contributed by atoms with Crippen LogP contribution in [0.4, 0.5) is 10.1 Å². The van der Waals surface area contributed by atoms with E-state index in [9.17, 15) is 18.8 Å². The third-order valence-corrected chi connectivity index (χ3v) is 5.58. The quantitative estimate of drug-likeness (QED) is 0.533. The van der Waals surface area contributed by atoms with Crippen molar-refractivity contribution in [2.75, 3.05) is 12.4 Å². The number of benzene rings is 3. The van der Waals surface area contributed by atoms with E-state index in [4.69, 9.17) is 0 Å². The number of anilines is 1. The van der Waals surface area contributed by atoms with Crippen LogP contribution in [0.5, 0.6) is 0 Å². The van der Waals surface area contributed by atoms with Crippen LogP contribution >= 0.6 is 0 Å². The molecule has 0 fully saturated rings. The van der Waals surface area contributed by atoms with E-state index in [1.165, 1.54) is 12.1 Å². The normalized spacial score (nSPS) is 13.5. The average Bonchev–Trinajstić information content (AvgIpc) is 2.78. The SMILES string of the molecule is C[C@H](C(=O)Nc1ccc2c(c1)C(=O)c1ccccc1C2=O)N(C)Cc1ccc(F)cc1.